The molecule has 1 heterocycles. The fraction of sp³-hybridized carbons (Fsp3) is 0.368. The Labute approximate surface area is 148 Å². The number of anilines is 1. The van der Waals surface area contributed by atoms with E-state index in [4.69, 9.17) is 13.8 Å². The third kappa shape index (κ3) is 4.06. The minimum Gasteiger partial charge on any atom is -0.494 e. The zero-order valence-corrected chi connectivity index (χ0v) is 15.6. The quantitative estimate of drug-likeness (QED) is 0.716. The molecule has 1 fully saturated rings. The maximum Gasteiger partial charge on any atom is 0.357 e. The fourth-order valence-electron chi connectivity index (χ4n) is 2.73. The number of para-hydroxylation sites is 1. The molecule has 0 aliphatic carbocycles. The van der Waals surface area contributed by atoms with Crippen molar-refractivity contribution in [2.75, 3.05) is 11.9 Å². The molecular formula is C19H24NO4P. The lowest BCUT2D eigenvalue weighted by molar-refractivity contribution is 0.187. The van der Waals surface area contributed by atoms with E-state index < -0.39 is 13.4 Å². The third-order valence-corrected chi connectivity index (χ3v) is 6.50. The van der Waals surface area contributed by atoms with Crippen molar-refractivity contribution in [3.63, 3.8) is 0 Å². The number of hydrogen-bond donors (Lipinski definition) is 1. The van der Waals surface area contributed by atoms with Crippen molar-refractivity contribution in [1.82, 2.24) is 0 Å². The number of rotatable bonds is 6. The van der Waals surface area contributed by atoms with Crippen LogP contribution >= 0.6 is 7.60 Å². The normalized spacial score (nSPS) is 23.2. The summed E-state index contributed by atoms with van der Waals surface area (Å²) in [5.74, 6) is 0.191. The van der Waals surface area contributed by atoms with Crippen LogP contribution in [-0.4, -0.2) is 18.8 Å². The Bertz CT molecular complexity index is 721. The maximum absolute atomic E-state index is 13.4. The molecule has 0 unspecified atom stereocenters. The van der Waals surface area contributed by atoms with Gasteiger partial charge in [-0.1, -0.05) is 30.3 Å². The van der Waals surface area contributed by atoms with Gasteiger partial charge >= 0.3 is 7.60 Å². The summed E-state index contributed by atoms with van der Waals surface area (Å²) in [5, 5.41) is 3.32. The third-order valence-electron chi connectivity index (χ3n) is 4.19. The van der Waals surface area contributed by atoms with E-state index in [1.54, 1.807) is 0 Å². The van der Waals surface area contributed by atoms with E-state index >= 15 is 0 Å². The Balaban J connectivity index is 1.93. The summed E-state index contributed by atoms with van der Waals surface area (Å²) in [7, 11) is -3.36. The molecule has 25 heavy (non-hydrogen) atoms. The van der Waals surface area contributed by atoms with Gasteiger partial charge in [0.15, 0.2) is 5.78 Å². The molecule has 5 nitrogen and oxygen atoms in total. The van der Waals surface area contributed by atoms with Crippen LogP contribution in [0.15, 0.2) is 54.6 Å². The Morgan fingerprint density at radius 3 is 2.20 bits per heavy atom. The van der Waals surface area contributed by atoms with E-state index in [1.165, 1.54) is 0 Å². The molecule has 2 aromatic rings. The highest BCUT2D eigenvalue weighted by Crippen LogP contribution is 2.66. The molecular weight excluding hydrogens is 337 g/mol. The van der Waals surface area contributed by atoms with Gasteiger partial charge in [0.25, 0.3) is 0 Å². The van der Waals surface area contributed by atoms with Crippen molar-refractivity contribution < 1.29 is 18.3 Å². The smallest absolute Gasteiger partial charge is 0.357 e. The molecule has 0 aromatic heterocycles. The molecule has 6 heteroatoms. The van der Waals surface area contributed by atoms with Gasteiger partial charge in [-0.15, -0.1) is 0 Å². The zero-order valence-electron chi connectivity index (χ0n) is 14.7. The topological polar surface area (TPSA) is 56.8 Å². The lowest BCUT2D eigenvalue weighted by Gasteiger charge is -2.25. The average Bonchev–Trinajstić information content (AvgIpc) is 2.88. The number of benzene rings is 2. The van der Waals surface area contributed by atoms with Crippen LogP contribution in [0.4, 0.5) is 5.69 Å². The average molecular weight is 361 g/mol. The number of nitrogens with one attached hydrogen (secondary N) is 1. The molecule has 0 radical (unpaired) electrons. The van der Waals surface area contributed by atoms with Crippen LogP contribution in [0.1, 0.15) is 32.1 Å². The maximum atomic E-state index is 13.4. The first-order chi connectivity index (χ1) is 12.0. The number of ether oxygens (including phenoxy) is 1. The van der Waals surface area contributed by atoms with Gasteiger partial charge in [-0.25, -0.2) is 0 Å². The van der Waals surface area contributed by atoms with Gasteiger partial charge in [0.05, 0.1) is 18.8 Å². The molecule has 0 amide bonds. The van der Waals surface area contributed by atoms with Gasteiger partial charge in [0.2, 0.25) is 0 Å². The highest BCUT2D eigenvalue weighted by molar-refractivity contribution is 7.54. The van der Waals surface area contributed by atoms with Crippen LogP contribution in [0, 0.1) is 0 Å². The molecule has 3 atom stereocenters. The van der Waals surface area contributed by atoms with E-state index in [-0.39, 0.29) is 12.2 Å². The van der Waals surface area contributed by atoms with E-state index in [9.17, 15) is 4.57 Å². The van der Waals surface area contributed by atoms with Crippen LogP contribution in [0.2, 0.25) is 0 Å². The van der Waals surface area contributed by atoms with Crippen LogP contribution in [0.3, 0.4) is 0 Å². The molecule has 0 saturated carbocycles. The van der Waals surface area contributed by atoms with Crippen LogP contribution < -0.4 is 10.1 Å². The summed E-state index contributed by atoms with van der Waals surface area (Å²) in [4.78, 5) is 0. The minimum atomic E-state index is -3.36. The van der Waals surface area contributed by atoms with Crippen LogP contribution in [-0.2, 0) is 13.6 Å². The van der Waals surface area contributed by atoms with E-state index in [0.29, 0.717) is 6.61 Å². The lowest BCUT2D eigenvalue weighted by atomic mass is 10.2. The molecule has 1 aliphatic heterocycles. The van der Waals surface area contributed by atoms with Crippen molar-refractivity contribution in [2.45, 2.75) is 38.8 Å². The highest BCUT2D eigenvalue weighted by Gasteiger charge is 2.47. The molecule has 0 bridgehead atoms. The first kappa shape index (κ1) is 18.0. The molecule has 2 aromatic carbocycles. The standard InChI is InChI=1S/C19H24NO4P/c1-4-22-18-12-10-16(11-13-18)19(20-17-8-6-5-7-9-17)25(21)23-14(2)15(3)24-25/h5-15,19-20H,4H2,1-3H3/t14-,15-,19+/m1/s1. The van der Waals surface area contributed by atoms with Gasteiger partial charge in [-0.3, -0.25) is 4.57 Å². The van der Waals surface area contributed by atoms with Crippen molar-refractivity contribution in [2.24, 2.45) is 0 Å². The van der Waals surface area contributed by atoms with Crippen LogP contribution in [0.5, 0.6) is 5.75 Å². The van der Waals surface area contributed by atoms with E-state index in [0.717, 1.165) is 17.0 Å². The van der Waals surface area contributed by atoms with Crippen LogP contribution in [0.25, 0.3) is 0 Å². The molecule has 134 valence electrons. The largest absolute Gasteiger partial charge is 0.494 e. The Hall–Kier alpha value is -1.81. The van der Waals surface area contributed by atoms with E-state index in [1.807, 2.05) is 75.4 Å². The molecule has 0 spiro atoms. The van der Waals surface area contributed by atoms with E-state index in [2.05, 4.69) is 5.32 Å². The minimum absolute atomic E-state index is 0.214. The Kier molecular flexibility index (Phi) is 5.48. The Morgan fingerprint density at radius 1 is 1.04 bits per heavy atom. The van der Waals surface area contributed by atoms with Crippen molar-refractivity contribution in [1.29, 1.82) is 0 Å². The predicted octanol–water partition coefficient (Wildman–Crippen LogP) is 5.21. The van der Waals surface area contributed by atoms with Gasteiger partial charge in [-0.2, -0.15) is 0 Å². The van der Waals surface area contributed by atoms with Gasteiger partial charge in [-0.05, 0) is 50.6 Å². The van der Waals surface area contributed by atoms with Gasteiger partial charge < -0.3 is 19.1 Å². The van der Waals surface area contributed by atoms with Crippen molar-refractivity contribution in [3.05, 3.63) is 60.2 Å². The summed E-state index contributed by atoms with van der Waals surface area (Å²) in [6, 6.07) is 17.2. The second-order valence-corrected chi connectivity index (χ2v) is 8.09. The summed E-state index contributed by atoms with van der Waals surface area (Å²) in [6.45, 7) is 6.30. The van der Waals surface area contributed by atoms with Crippen molar-refractivity contribution >= 4 is 13.3 Å². The van der Waals surface area contributed by atoms with Crippen molar-refractivity contribution in [3.8, 4) is 5.75 Å². The summed E-state index contributed by atoms with van der Waals surface area (Å²) in [6.07, 6.45) is -0.429. The SMILES string of the molecule is CCOc1ccc([C@@H](Nc2ccccc2)P2(=O)O[C@H](C)[C@@H](C)O2)cc1. The highest BCUT2D eigenvalue weighted by atomic mass is 31.2. The Morgan fingerprint density at radius 2 is 1.64 bits per heavy atom. The first-order valence-electron chi connectivity index (χ1n) is 8.52. The zero-order chi connectivity index (χ0) is 17.9. The lowest BCUT2D eigenvalue weighted by Crippen LogP contribution is -2.13. The second-order valence-electron chi connectivity index (χ2n) is 6.08. The van der Waals surface area contributed by atoms with Gasteiger partial charge in [0, 0.05) is 5.69 Å². The molecule has 1 saturated heterocycles. The second kappa shape index (κ2) is 7.61. The number of hydrogen-bond acceptors (Lipinski definition) is 5. The molecule has 3 rings (SSSR count). The summed E-state index contributed by atoms with van der Waals surface area (Å²) >= 11 is 0. The molecule has 1 N–H and O–H groups in total. The monoisotopic (exact) mass is 361 g/mol. The summed E-state index contributed by atoms with van der Waals surface area (Å²) < 4.78 is 30.4. The van der Waals surface area contributed by atoms with Gasteiger partial charge in [0.1, 0.15) is 5.75 Å². The molecule has 1 aliphatic rings. The fourth-order valence-corrected chi connectivity index (χ4v) is 5.14. The predicted molar refractivity (Wildman–Crippen MR) is 99.1 cm³/mol. The summed E-state index contributed by atoms with van der Waals surface area (Å²) in [5.41, 5.74) is 1.69. The first-order valence-corrected chi connectivity index (χ1v) is 10.1.